The van der Waals surface area contributed by atoms with Gasteiger partial charge in [0.1, 0.15) is 6.23 Å². The standard InChI is InChI=1S/C16H15ClFN3O4/c17-10-3-1-9(2-4-10)15(23)19-14-12(18)7-21(16(24)20-14)13-6-5-11(8-22)25-13/h1-4,7,11,13,22H,5-6,8H2,(H,19,20,23,24)/t11-,13+/m0/s1. The monoisotopic (exact) mass is 367 g/mol. The number of benzene rings is 1. The van der Waals surface area contributed by atoms with Crippen LogP contribution in [0.3, 0.4) is 0 Å². The lowest BCUT2D eigenvalue weighted by Gasteiger charge is -2.15. The molecule has 1 aromatic heterocycles. The lowest BCUT2D eigenvalue weighted by atomic mass is 10.2. The van der Waals surface area contributed by atoms with Gasteiger partial charge in [0.2, 0.25) is 0 Å². The first-order chi connectivity index (χ1) is 12.0. The minimum absolute atomic E-state index is 0.170. The number of carbonyl (C=O) groups excluding carboxylic acids is 1. The minimum atomic E-state index is -0.863. The maximum atomic E-state index is 14.2. The number of amides is 1. The second-order valence-corrected chi connectivity index (χ2v) is 6.00. The Kier molecular flexibility index (Phi) is 5.12. The average molecular weight is 368 g/mol. The number of aliphatic hydroxyl groups is 1. The van der Waals surface area contributed by atoms with Gasteiger partial charge in [-0.05, 0) is 37.1 Å². The fourth-order valence-corrected chi connectivity index (χ4v) is 2.67. The molecule has 0 unspecified atom stereocenters. The summed E-state index contributed by atoms with van der Waals surface area (Å²) in [5, 5.41) is 11.8. The molecule has 2 aromatic rings. The van der Waals surface area contributed by atoms with Gasteiger partial charge in [0.25, 0.3) is 5.91 Å². The molecule has 0 aliphatic carbocycles. The lowest BCUT2D eigenvalue weighted by Crippen LogP contribution is -2.30. The van der Waals surface area contributed by atoms with E-state index in [4.69, 9.17) is 21.4 Å². The van der Waals surface area contributed by atoms with E-state index in [1.807, 2.05) is 0 Å². The molecule has 2 atom stereocenters. The van der Waals surface area contributed by atoms with Gasteiger partial charge in [-0.3, -0.25) is 9.36 Å². The summed E-state index contributed by atoms with van der Waals surface area (Å²) in [5.41, 5.74) is -0.504. The number of rotatable bonds is 4. The SMILES string of the molecule is O=C(Nc1nc(=O)n([C@H]2CC[C@@H](CO)O2)cc1F)c1ccc(Cl)cc1. The summed E-state index contributed by atoms with van der Waals surface area (Å²) in [6.45, 7) is -0.170. The molecule has 0 spiro atoms. The molecule has 1 saturated heterocycles. The average Bonchev–Trinajstić information content (AvgIpc) is 3.07. The fourth-order valence-electron chi connectivity index (χ4n) is 2.55. The van der Waals surface area contributed by atoms with E-state index in [9.17, 15) is 14.0 Å². The molecule has 0 bridgehead atoms. The van der Waals surface area contributed by atoms with Crippen molar-refractivity contribution in [1.29, 1.82) is 0 Å². The van der Waals surface area contributed by atoms with E-state index in [2.05, 4.69) is 10.3 Å². The van der Waals surface area contributed by atoms with Crippen LogP contribution >= 0.6 is 11.6 Å². The van der Waals surface area contributed by atoms with Crippen molar-refractivity contribution in [3.05, 3.63) is 57.3 Å². The second kappa shape index (κ2) is 7.30. The molecule has 0 radical (unpaired) electrons. The molecule has 25 heavy (non-hydrogen) atoms. The van der Waals surface area contributed by atoms with Crippen LogP contribution in [0.4, 0.5) is 10.2 Å². The van der Waals surface area contributed by atoms with Gasteiger partial charge in [0, 0.05) is 10.6 Å². The zero-order chi connectivity index (χ0) is 18.0. The van der Waals surface area contributed by atoms with Gasteiger partial charge >= 0.3 is 5.69 Å². The number of ether oxygens (including phenoxy) is 1. The van der Waals surface area contributed by atoms with E-state index in [1.54, 1.807) is 0 Å². The van der Waals surface area contributed by atoms with Crippen molar-refractivity contribution in [2.75, 3.05) is 11.9 Å². The Labute approximate surface area is 147 Å². The predicted molar refractivity (Wildman–Crippen MR) is 88.1 cm³/mol. The smallest absolute Gasteiger partial charge is 0.351 e. The lowest BCUT2D eigenvalue weighted by molar-refractivity contribution is -0.0249. The first-order valence-corrected chi connectivity index (χ1v) is 7.97. The molecule has 1 amide bonds. The number of aliphatic hydroxyl groups excluding tert-OH is 1. The fraction of sp³-hybridized carbons (Fsp3) is 0.312. The Balaban J connectivity index is 1.79. The zero-order valence-electron chi connectivity index (χ0n) is 13.0. The third kappa shape index (κ3) is 3.87. The minimum Gasteiger partial charge on any atom is -0.394 e. The Hall–Kier alpha value is -2.29. The van der Waals surface area contributed by atoms with Gasteiger partial charge in [0.15, 0.2) is 11.6 Å². The van der Waals surface area contributed by atoms with Crippen molar-refractivity contribution in [2.45, 2.75) is 25.2 Å². The summed E-state index contributed by atoms with van der Waals surface area (Å²) >= 11 is 5.75. The molecule has 3 rings (SSSR count). The van der Waals surface area contributed by atoms with E-state index in [1.165, 1.54) is 24.3 Å². The van der Waals surface area contributed by atoms with Crippen molar-refractivity contribution in [2.24, 2.45) is 0 Å². The highest BCUT2D eigenvalue weighted by atomic mass is 35.5. The Bertz CT molecular complexity index is 840. The molecular formula is C16H15ClFN3O4. The van der Waals surface area contributed by atoms with Gasteiger partial charge in [-0.15, -0.1) is 0 Å². The summed E-state index contributed by atoms with van der Waals surface area (Å²) in [4.78, 5) is 27.8. The first kappa shape index (κ1) is 17.5. The quantitative estimate of drug-likeness (QED) is 0.861. The first-order valence-electron chi connectivity index (χ1n) is 7.60. The molecule has 7 nitrogen and oxygen atoms in total. The van der Waals surface area contributed by atoms with Gasteiger partial charge < -0.3 is 15.2 Å². The molecule has 1 aromatic carbocycles. The topological polar surface area (TPSA) is 93.5 Å². The van der Waals surface area contributed by atoms with Crippen LogP contribution < -0.4 is 11.0 Å². The molecular weight excluding hydrogens is 353 g/mol. The van der Waals surface area contributed by atoms with E-state index in [0.29, 0.717) is 17.9 Å². The molecule has 0 saturated carbocycles. The van der Waals surface area contributed by atoms with E-state index in [-0.39, 0.29) is 18.3 Å². The molecule has 1 aliphatic heterocycles. The summed E-state index contributed by atoms with van der Waals surface area (Å²) < 4.78 is 20.7. The molecule has 132 valence electrons. The summed E-state index contributed by atoms with van der Waals surface area (Å²) in [6, 6.07) is 5.98. The van der Waals surface area contributed by atoms with Crippen LogP contribution in [0.15, 0.2) is 35.3 Å². The third-order valence-corrected chi connectivity index (χ3v) is 4.10. The number of carbonyl (C=O) groups is 1. The molecule has 1 aliphatic rings. The van der Waals surface area contributed by atoms with Gasteiger partial charge in [0.05, 0.1) is 18.9 Å². The van der Waals surface area contributed by atoms with Gasteiger partial charge in [-0.2, -0.15) is 4.98 Å². The number of nitrogens with zero attached hydrogens (tertiary/aromatic N) is 2. The number of anilines is 1. The highest BCUT2D eigenvalue weighted by molar-refractivity contribution is 6.30. The third-order valence-electron chi connectivity index (χ3n) is 3.84. The highest BCUT2D eigenvalue weighted by Gasteiger charge is 2.27. The van der Waals surface area contributed by atoms with E-state index in [0.717, 1.165) is 10.8 Å². The van der Waals surface area contributed by atoms with E-state index >= 15 is 0 Å². The number of hydrogen-bond acceptors (Lipinski definition) is 5. The van der Waals surface area contributed by atoms with Crippen molar-refractivity contribution in [3.63, 3.8) is 0 Å². The number of halogens is 2. The van der Waals surface area contributed by atoms with Gasteiger partial charge in [-0.1, -0.05) is 11.6 Å². The Morgan fingerprint density at radius 2 is 2.12 bits per heavy atom. The van der Waals surface area contributed by atoms with E-state index < -0.39 is 29.5 Å². The van der Waals surface area contributed by atoms with Crippen LogP contribution in [-0.4, -0.2) is 33.3 Å². The van der Waals surface area contributed by atoms with Crippen LogP contribution in [0, 0.1) is 5.82 Å². The molecule has 1 fully saturated rings. The van der Waals surface area contributed by atoms with Crippen molar-refractivity contribution in [1.82, 2.24) is 9.55 Å². The number of hydrogen-bond donors (Lipinski definition) is 2. The largest absolute Gasteiger partial charge is 0.394 e. The molecule has 2 N–H and O–H groups in total. The van der Waals surface area contributed by atoms with Crippen LogP contribution in [0.1, 0.15) is 29.4 Å². The van der Waals surface area contributed by atoms with Crippen LogP contribution in [0.25, 0.3) is 0 Å². The van der Waals surface area contributed by atoms with Crippen LogP contribution in [0.5, 0.6) is 0 Å². The normalized spacial score (nSPS) is 19.8. The second-order valence-electron chi connectivity index (χ2n) is 5.56. The van der Waals surface area contributed by atoms with Crippen molar-refractivity contribution >= 4 is 23.3 Å². The summed E-state index contributed by atoms with van der Waals surface area (Å²) in [5.74, 6) is -1.94. The Morgan fingerprint density at radius 3 is 2.76 bits per heavy atom. The highest BCUT2D eigenvalue weighted by Crippen LogP contribution is 2.27. The Morgan fingerprint density at radius 1 is 1.40 bits per heavy atom. The summed E-state index contributed by atoms with van der Waals surface area (Å²) in [7, 11) is 0. The maximum Gasteiger partial charge on any atom is 0.351 e. The van der Waals surface area contributed by atoms with Crippen molar-refractivity contribution in [3.8, 4) is 0 Å². The van der Waals surface area contributed by atoms with Crippen molar-refractivity contribution < 1.29 is 19.0 Å². The van der Waals surface area contributed by atoms with Gasteiger partial charge in [-0.25, -0.2) is 9.18 Å². The zero-order valence-corrected chi connectivity index (χ0v) is 13.7. The summed E-state index contributed by atoms with van der Waals surface area (Å²) in [6.07, 6.45) is 0.890. The number of aromatic nitrogens is 2. The maximum absolute atomic E-state index is 14.2. The van der Waals surface area contributed by atoms with Crippen LogP contribution in [-0.2, 0) is 4.74 Å². The van der Waals surface area contributed by atoms with Crippen LogP contribution in [0.2, 0.25) is 5.02 Å². The molecule has 9 heteroatoms. The predicted octanol–water partition coefficient (Wildman–Crippen LogP) is 1.96. The number of nitrogens with one attached hydrogen (secondary N) is 1. The molecule has 2 heterocycles.